The highest BCUT2D eigenvalue weighted by Gasteiger charge is 2.51. The van der Waals surface area contributed by atoms with Gasteiger partial charge in [-0.3, -0.25) is 0 Å². The fraction of sp³-hybridized carbons (Fsp3) is 0.0169. The average Bonchev–Trinajstić information content (AvgIpc) is 3.66. The number of nitrogens with zero attached hydrogens (tertiary/aromatic N) is 4. The summed E-state index contributed by atoms with van der Waals surface area (Å²) in [5.74, 6) is 3.48. The van der Waals surface area contributed by atoms with Crippen molar-refractivity contribution in [3.8, 4) is 79.2 Å². The van der Waals surface area contributed by atoms with Crippen LogP contribution < -0.4 is 4.74 Å². The van der Waals surface area contributed by atoms with Gasteiger partial charge in [0.05, 0.1) is 16.6 Å². The minimum atomic E-state index is -0.616. The predicted octanol–water partition coefficient (Wildman–Crippen LogP) is 14.4. The molecule has 298 valence electrons. The van der Waals surface area contributed by atoms with Crippen LogP contribution in [0.5, 0.6) is 11.5 Å². The molecule has 0 N–H and O–H groups in total. The van der Waals surface area contributed by atoms with Gasteiger partial charge in [-0.1, -0.05) is 182 Å². The molecule has 1 aliphatic carbocycles. The molecule has 64 heavy (non-hydrogen) atoms. The first kappa shape index (κ1) is 36.1. The highest BCUT2D eigenvalue weighted by atomic mass is 16.5. The van der Waals surface area contributed by atoms with E-state index in [1.165, 1.54) is 22.3 Å². The number of benzene rings is 9. The molecule has 13 rings (SSSR count). The summed E-state index contributed by atoms with van der Waals surface area (Å²) in [6, 6.07) is 76.7. The van der Waals surface area contributed by atoms with E-state index < -0.39 is 5.41 Å². The molecule has 1 aliphatic heterocycles. The second kappa shape index (κ2) is 14.3. The number of ether oxygens (including phenoxy) is 1. The Hall–Kier alpha value is -8.54. The molecule has 0 atom stereocenters. The number of hydrogen-bond acceptors (Lipinski definition) is 5. The summed E-state index contributed by atoms with van der Waals surface area (Å²) in [4.78, 5) is 20.8. The van der Waals surface area contributed by atoms with E-state index in [1.807, 2.05) is 42.5 Å². The number of rotatable bonds is 5. The molecular weight excluding hydrogens is 781 g/mol. The molecule has 0 bridgehead atoms. The summed E-state index contributed by atoms with van der Waals surface area (Å²) >= 11 is 0. The molecule has 2 aliphatic rings. The van der Waals surface area contributed by atoms with Crippen LogP contribution in [-0.4, -0.2) is 19.9 Å². The minimum absolute atomic E-state index is 0.587. The van der Waals surface area contributed by atoms with E-state index in [1.54, 1.807) is 0 Å². The van der Waals surface area contributed by atoms with E-state index in [4.69, 9.17) is 24.7 Å². The van der Waals surface area contributed by atoms with E-state index >= 15 is 0 Å². The fourth-order valence-electron chi connectivity index (χ4n) is 10.1. The first-order chi connectivity index (χ1) is 31.7. The maximum Gasteiger partial charge on any atom is 0.164 e. The Morgan fingerprint density at radius 1 is 0.297 bits per heavy atom. The number of para-hydroxylation sites is 1. The van der Waals surface area contributed by atoms with Gasteiger partial charge in [0.2, 0.25) is 0 Å². The molecule has 0 unspecified atom stereocenters. The predicted molar refractivity (Wildman–Crippen MR) is 257 cm³/mol. The summed E-state index contributed by atoms with van der Waals surface area (Å²) in [6.45, 7) is 0. The molecule has 0 saturated heterocycles. The van der Waals surface area contributed by atoms with Gasteiger partial charge in [-0.2, -0.15) is 0 Å². The van der Waals surface area contributed by atoms with Crippen molar-refractivity contribution in [3.63, 3.8) is 0 Å². The minimum Gasteiger partial charge on any atom is -0.457 e. The van der Waals surface area contributed by atoms with Gasteiger partial charge in [-0.15, -0.1) is 0 Å². The Kier molecular flexibility index (Phi) is 8.06. The van der Waals surface area contributed by atoms with E-state index in [2.05, 4.69) is 176 Å². The first-order valence-electron chi connectivity index (χ1n) is 21.6. The van der Waals surface area contributed by atoms with Crippen LogP contribution in [0, 0.1) is 0 Å². The monoisotopic (exact) mass is 816 g/mol. The average molecular weight is 817 g/mol. The molecule has 3 heterocycles. The lowest BCUT2D eigenvalue weighted by molar-refractivity contribution is 0.437. The summed E-state index contributed by atoms with van der Waals surface area (Å²) in [5, 5.41) is 3.07. The Balaban J connectivity index is 1.07. The number of hydrogen-bond donors (Lipinski definition) is 0. The van der Waals surface area contributed by atoms with Crippen molar-refractivity contribution in [2.24, 2.45) is 0 Å². The number of pyridine rings is 1. The lowest BCUT2D eigenvalue weighted by Gasteiger charge is -2.39. The van der Waals surface area contributed by atoms with Crippen LogP contribution in [0.25, 0.3) is 89.4 Å². The van der Waals surface area contributed by atoms with Crippen molar-refractivity contribution in [3.05, 3.63) is 241 Å². The van der Waals surface area contributed by atoms with Gasteiger partial charge in [0.15, 0.2) is 17.5 Å². The second-order valence-corrected chi connectivity index (χ2v) is 16.5. The largest absolute Gasteiger partial charge is 0.457 e. The lowest BCUT2D eigenvalue weighted by Crippen LogP contribution is -2.32. The third-order valence-corrected chi connectivity index (χ3v) is 13.0. The molecule has 1 spiro atoms. The highest BCUT2D eigenvalue weighted by molar-refractivity contribution is 6.13. The van der Waals surface area contributed by atoms with Gasteiger partial charge in [0.1, 0.15) is 11.5 Å². The molecular formula is C59H36N4O. The Labute approximate surface area is 370 Å². The molecule has 11 aromatic rings. The zero-order valence-corrected chi connectivity index (χ0v) is 34.5. The highest BCUT2D eigenvalue weighted by Crippen LogP contribution is 2.62. The topological polar surface area (TPSA) is 60.8 Å². The van der Waals surface area contributed by atoms with E-state index in [0.717, 1.165) is 83.4 Å². The van der Waals surface area contributed by atoms with Crippen LogP contribution in [0.3, 0.4) is 0 Å². The van der Waals surface area contributed by atoms with Gasteiger partial charge in [0.25, 0.3) is 0 Å². The molecule has 5 nitrogen and oxygen atoms in total. The molecule has 0 amide bonds. The van der Waals surface area contributed by atoms with Crippen molar-refractivity contribution in [2.45, 2.75) is 5.41 Å². The van der Waals surface area contributed by atoms with Gasteiger partial charge < -0.3 is 4.74 Å². The van der Waals surface area contributed by atoms with Gasteiger partial charge >= 0.3 is 0 Å². The summed E-state index contributed by atoms with van der Waals surface area (Å²) in [7, 11) is 0. The van der Waals surface area contributed by atoms with Crippen molar-refractivity contribution in [1.29, 1.82) is 0 Å². The Morgan fingerprint density at radius 2 is 0.781 bits per heavy atom. The van der Waals surface area contributed by atoms with Crippen molar-refractivity contribution < 1.29 is 4.74 Å². The summed E-state index contributed by atoms with van der Waals surface area (Å²) < 4.78 is 6.99. The lowest BCUT2D eigenvalue weighted by atomic mass is 9.65. The van der Waals surface area contributed by atoms with Crippen LogP contribution >= 0.6 is 0 Å². The quantitative estimate of drug-likeness (QED) is 0.162. The molecule has 0 radical (unpaired) electrons. The smallest absolute Gasteiger partial charge is 0.164 e. The Morgan fingerprint density at radius 3 is 1.44 bits per heavy atom. The van der Waals surface area contributed by atoms with E-state index in [0.29, 0.717) is 17.5 Å². The third kappa shape index (κ3) is 5.51. The number of aromatic nitrogens is 4. The third-order valence-electron chi connectivity index (χ3n) is 13.0. The second-order valence-electron chi connectivity index (χ2n) is 16.5. The maximum absolute atomic E-state index is 6.99. The van der Waals surface area contributed by atoms with Crippen LogP contribution in [0.2, 0.25) is 0 Å². The van der Waals surface area contributed by atoms with Crippen molar-refractivity contribution in [1.82, 2.24) is 19.9 Å². The zero-order valence-electron chi connectivity index (χ0n) is 34.5. The summed E-state index contributed by atoms with van der Waals surface area (Å²) in [5.41, 5.74) is 14.4. The molecule has 2 aromatic heterocycles. The molecule has 0 fully saturated rings. The summed E-state index contributed by atoms with van der Waals surface area (Å²) in [6.07, 6.45) is 0. The molecule has 5 heteroatoms. The van der Waals surface area contributed by atoms with Crippen LogP contribution in [-0.2, 0) is 5.41 Å². The Bertz CT molecular complexity index is 3580. The van der Waals surface area contributed by atoms with Gasteiger partial charge in [0, 0.05) is 44.2 Å². The zero-order chi connectivity index (χ0) is 42.2. The van der Waals surface area contributed by atoms with Crippen LogP contribution in [0.15, 0.2) is 218 Å². The van der Waals surface area contributed by atoms with Crippen LogP contribution in [0.1, 0.15) is 22.3 Å². The SMILES string of the molecule is c1ccc(-c2ccc(-c3nc(-c4ccccc4)nc(-c4ccc5nc(-c6ccccc6)c6cc7c(cc6c5c4)C4(c5ccccc5O7)c5ccccc5-c5ccccc54)n3)cc2)cc1. The van der Waals surface area contributed by atoms with Crippen LogP contribution in [0.4, 0.5) is 0 Å². The van der Waals surface area contributed by atoms with E-state index in [-0.39, 0.29) is 0 Å². The standard InChI is InChI=1S/C59H36N4O/c1-4-16-37(17-5-1)38-28-30-41(31-29-38)57-61-56(40-20-8-3-9-21-40)62-58(63-57)42-32-33-52-46(34-42)45-35-51-54(36-47(45)55(60-52)39-18-6-2-7-19-39)64-53-27-15-14-26-50(53)59(51)48-24-12-10-22-43(48)44-23-11-13-25-49(44)59/h1-36H. The normalized spacial score (nSPS) is 12.9. The molecule has 9 aromatic carbocycles. The van der Waals surface area contributed by atoms with E-state index in [9.17, 15) is 0 Å². The van der Waals surface area contributed by atoms with Gasteiger partial charge in [-0.05, 0) is 75.2 Å². The number of fused-ring (bicyclic) bond motifs is 12. The van der Waals surface area contributed by atoms with Crippen molar-refractivity contribution in [2.75, 3.05) is 0 Å². The first-order valence-corrected chi connectivity index (χ1v) is 21.6. The fourth-order valence-corrected chi connectivity index (χ4v) is 10.1. The van der Waals surface area contributed by atoms with Crippen molar-refractivity contribution >= 4 is 21.7 Å². The molecule has 0 saturated carbocycles. The van der Waals surface area contributed by atoms with Gasteiger partial charge in [-0.25, -0.2) is 19.9 Å². The maximum atomic E-state index is 6.99.